The van der Waals surface area contributed by atoms with E-state index < -0.39 is 0 Å². The van der Waals surface area contributed by atoms with Gasteiger partial charge in [-0.05, 0) is 57.4 Å². The normalized spacial score (nSPS) is 12.7. The summed E-state index contributed by atoms with van der Waals surface area (Å²) < 4.78 is 0. The largest absolute Gasteiger partial charge is 0.0776 e. The first-order chi connectivity index (χ1) is 15.7. The summed E-state index contributed by atoms with van der Waals surface area (Å²) in [6.45, 7) is 22.3. The second-order valence-electron chi connectivity index (χ2n) is 12.5. The first kappa shape index (κ1) is 30.4. The number of aryl methyl sites for hydroxylation is 1. The summed E-state index contributed by atoms with van der Waals surface area (Å²) in [5.74, 6) is 0. The molecule has 0 heteroatoms. The van der Waals surface area contributed by atoms with Crippen molar-refractivity contribution in [2.45, 2.75) is 93.9 Å². The van der Waals surface area contributed by atoms with Crippen LogP contribution in [0.3, 0.4) is 0 Å². The first-order valence-electron chi connectivity index (χ1n) is 12.6. The Hall–Kier alpha value is -2.60. The molecule has 0 heterocycles. The zero-order valence-corrected chi connectivity index (χ0v) is 23.3. The molecular formula is C35H50. The van der Waals surface area contributed by atoms with Crippen molar-refractivity contribution in [1.82, 2.24) is 0 Å². The van der Waals surface area contributed by atoms with Crippen molar-refractivity contribution in [2.75, 3.05) is 0 Å². The minimum absolute atomic E-state index is 0. The molecule has 1 aliphatic rings. The predicted octanol–water partition coefficient (Wildman–Crippen LogP) is 10.6. The summed E-state index contributed by atoms with van der Waals surface area (Å²) in [4.78, 5) is 0. The highest BCUT2D eigenvalue weighted by Gasteiger charge is 2.23. The quantitative estimate of drug-likeness (QED) is 0.306. The summed E-state index contributed by atoms with van der Waals surface area (Å²) in [5, 5.41) is 0. The Morgan fingerprint density at radius 3 is 1.43 bits per heavy atom. The minimum Gasteiger partial charge on any atom is -0.0776 e. The van der Waals surface area contributed by atoms with Crippen molar-refractivity contribution in [2.24, 2.45) is 5.41 Å². The maximum absolute atomic E-state index is 2.37. The second kappa shape index (κ2) is 12.4. The number of rotatable bonds is 0. The molecule has 0 aliphatic heterocycles. The zero-order valence-electron chi connectivity index (χ0n) is 23.3. The van der Waals surface area contributed by atoms with Gasteiger partial charge in [0, 0.05) is 0 Å². The molecule has 0 aromatic heterocycles. The monoisotopic (exact) mass is 470 g/mol. The molecule has 0 saturated heterocycles. The van der Waals surface area contributed by atoms with Crippen molar-refractivity contribution >= 4 is 5.57 Å². The molecule has 0 spiro atoms. The lowest BCUT2D eigenvalue weighted by Crippen LogP contribution is -2.10. The van der Waals surface area contributed by atoms with Crippen LogP contribution >= 0.6 is 0 Å². The lowest BCUT2D eigenvalue weighted by molar-refractivity contribution is 0.567. The molecule has 0 atom stereocenters. The van der Waals surface area contributed by atoms with Crippen LogP contribution in [0.5, 0.6) is 0 Å². The van der Waals surface area contributed by atoms with Crippen molar-refractivity contribution in [3.8, 4) is 0 Å². The average molecular weight is 471 g/mol. The lowest BCUT2D eigenvalue weighted by Gasteiger charge is -2.21. The minimum atomic E-state index is 0. The highest BCUT2D eigenvalue weighted by Crippen LogP contribution is 2.39. The van der Waals surface area contributed by atoms with Gasteiger partial charge in [-0.3, -0.25) is 0 Å². The van der Waals surface area contributed by atoms with Gasteiger partial charge in [0.15, 0.2) is 0 Å². The van der Waals surface area contributed by atoms with Gasteiger partial charge < -0.3 is 0 Å². The van der Waals surface area contributed by atoms with Crippen LogP contribution < -0.4 is 0 Å². The molecule has 3 aromatic carbocycles. The Morgan fingerprint density at radius 2 is 0.971 bits per heavy atom. The van der Waals surface area contributed by atoms with E-state index in [9.17, 15) is 0 Å². The van der Waals surface area contributed by atoms with Gasteiger partial charge >= 0.3 is 0 Å². The fourth-order valence-corrected chi connectivity index (χ4v) is 3.98. The first-order valence-corrected chi connectivity index (χ1v) is 12.6. The van der Waals surface area contributed by atoms with E-state index in [0.717, 1.165) is 6.42 Å². The van der Waals surface area contributed by atoms with E-state index in [1.807, 2.05) is 0 Å². The van der Waals surface area contributed by atoms with E-state index >= 15 is 0 Å². The van der Waals surface area contributed by atoms with Gasteiger partial charge in [0.2, 0.25) is 0 Å². The smallest absolute Gasteiger partial charge is 0.00852 e. The Balaban J connectivity index is 0.000000262. The van der Waals surface area contributed by atoms with E-state index in [-0.39, 0.29) is 18.3 Å². The van der Waals surface area contributed by atoms with Crippen LogP contribution in [-0.4, -0.2) is 0 Å². The summed E-state index contributed by atoms with van der Waals surface area (Å²) >= 11 is 0. The summed E-state index contributed by atoms with van der Waals surface area (Å²) in [5.41, 5.74) is 9.43. The molecule has 0 saturated carbocycles. The number of allylic oxidation sites excluding steroid dienone is 2. The topological polar surface area (TPSA) is 0 Å². The van der Waals surface area contributed by atoms with Gasteiger partial charge in [-0.15, -0.1) is 0 Å². The number of fused-ring (bicyclic) bond motifs is 1. The van der Waals surface area contributed by atoms with Crippen molar-refractivity contribution < 1.29 is 0 Å². The van der Waals surface area contributed by atoms with E-state index in [0.29, 0.717) is 5.41 Å². The summed E-state index contributed by atoms with van der Waals surface area (Å²) in [7, 11) is 0. The number of hydrogen-bond donors (Lipinski definition) is 0. The molecule has 190 valence electrons. The van der Waals surface area contributed by atoms with Gasteiger partial charge in [-0.2, -0.15) is 0 Å². The van der Waals surface area contributed by atoms with Crippen LogP contribution in [0.15, 0.2) is 84.9 Å². The maximum atomic E-state index is 2.37. The maximum Gasteiger partial charge on any atom is -0.00852 e. The Morgan fingerprint density at radius 1 is 0.514 bits per heavy atom. The van der Waals surface area contributed by atoms with Crippen LogP contribution in [0.1, 0.15) is 97.6 Å². The molecule has 0 N–H and O–H groups in total. The van der Waals surface area contributed by atoms with Gasteiger partial charge in [0.05, 0.1) is 0 Å². The van der Waals surface area contributed by atoms with Gasteiger partial charge in [-0.1, -0.05) is 160 Å². The fourth-order valence-electron chi connectivity index (χ4n) is 3.98. The molecule has 0 unspecified atom stereocenters. The van der Waals surface area contributed by atoms with Crippen molar-refractivity contribution in [3.05, 3.63) is 113 Å². The van der Waals surface area contributed by atoms with Crippen LogP contribution in [0.4, 0.5) is 0 Å². The van der Waals surface area contributed by atoms with Gasteiger partial charge in [-0.25, -0.2) is 0 Å². The average Bonchev–Trinajstić information content (AvgIpc) is 3.19. The molecule has 1 aliphatic carbocycles. The van der Waals surface area contributed by atoms with Crippen LogP contribution in [0.2, 0.25) is 0 Å². The Kier molecular flexibility index (Phi) is 10.8. The fraction of sp³-hybridized carbons (Fsp3) is 0.429. The van der Waals surface area contributed by atoms with E-state index in [1.165, 1.54) is 33.4 Å². The summed E-state index contributed by atoms with van der Waals surface area (Å²) in [6.07, 6.45) is 3.48. The lowest BCUT2D eigenvalue weighted by atomic mass is 9.83. The Labute approximate surface area is 217 Å². The van der Waals surface area contributed by atoms with Gasteiger partial charge in [0.25, 0.3) is 0 Å². The molecule has 4 rings (SSSR count). The van der Waals surface area contributed by atoms with Crippen molar-refractivity contribution in [1.29, 1.82) is 0 Å². The van der Waals surface area contributed by atoms with Gasteiger partial charge in [0.1, 0.15) is 0 Å². The third-order valence-electron chi connectivity index (χ3n) is 6.20. The third kappa shape index (κ3) is 9.52. The van der Waals surface area contributed by atoms with Crippen LogP contribution in [0.25, 0.3) is 5.57 Å². The molecular weight excluding hydrogens is 420 g/mol. The Bertz CT molecular complexity index is 1040. The van der Waals surface area contributed by atoms with E-state index in [2.05, 4.69) is 154 Å². The molecule has 0 radical (unpaired) electrons. The molecule has 0 bridgehead atoms. The second-order valence-corrected chi connectivity index (χ2v) is 12.5. The summed E-state index contributed by atoms with van der Waals surface area (Å²) in [6, 6.07) is 28.0. The molecule has 3 aromatic rings. The number of benzene rings is 3. The highest BCUT2D eigenvalue weighted by atomic mass is 14.3. The zero-order chi connectivity index (χ0) is 25.6. The van der Waals surface area contributed by atoms with E-state index in [4.69, 9.17) is 0 Å². The van der Waals surface area contributed by atoms with E-state index in [1.54, 1.807) is 0 Å². The standard InChI is InChI=1S/C13H16.C11H16.C10H14.CH4/c1-13(2,3)12-9-8-10-6-4-5-7-11(10)12;1-9-5-7-10(8-6-9)11(2,3)4;1-10(2,3)9-7-5-4-6-8-9;/h4-7,9H,8H2,1-3H3;5-8H,1-4H3;4-8H,1-3H3;1H4. The van der Waals surface area contributed by atoms with Crippen LogP contribution in [0, 0.1) is 12.3 Å². The molecule has 35 heavy (non-hydrogen) atoms. The van der Waals surface area contributed by atoms with Crippen LogP contribution in [-0.2, 0) is 17.3 Å². The predicted molar refractivity (Wildman–Crippen MR) is 159 cm³/mol. The van der Waals surface area contributed by atoms with Crippen molar-refractivity contribution in [3.63, 3.8) is 0 Å². The number of hydrogen-bond acceptors (Lipinski definition) is 0. The molecule has 0 fully saturated rings. The highest BCUT2D eigenvalue weighted by molar-refractivity contribution is 5.76. The SMILES string of the molecule is C.CC(C)(C)C1=CCc2ccccc21.CC(C)(C)c1ccccc1.Cc1ccc(C(C)(C)C)cc1. The third-order valence-corrected chi connectivity index (χ3v) is 6.20. The molecule has 0 nitrogen and oxygen atoms in total. The molecule has 0 amide bonds.